The molecule has 0 bridgehead atoms. The van der Waals surface area contributed by atoms with Crippen LogP contribution in [0, 0.1) is 11.3 Å². The number of carbonyl (C=O) groups is 2. The average Bonchev–Trinajstić information content (AvgIpc) is 2.68. The third kappa shape index (κ3) is 6.45. The van der Waals surface area contributed by atoms with Gasteiger partial charge in [0, 0.05) is 25.0 Å². The second kappa shape index (κ2) is 10.6. The number of anilines is 2. The Hall–Kier alpha value is -3.37. The molecule has 0 aliphatic heterocycles. The molecule has 2 aromatic rings. The maximum Gasteiger partial charge on any atom is 0.253 e. The fourth-order valence-corrected chi connectivity index (χ4v) is 2.38. The summed E-state index contributed by atoms with van der Waals surface area (Å²) < 4.78 is 4.92. The number of amides is 2. The molecule has 7 heteroatoms. The first-order valence-corrected chi connectivity index (χ1v) is 8.50. The summed E-state index contributed by atoms with van der Waals surface area (Å²) in [6, 6.07) is 16.2. The summed E-state index contributed by atoms with van der Waals surface area (Å²) in [6.45, 7) is 0.852. The molecule has 0 atom stereocenters. The molecule has 2 aromatic carbocycles. The lowest BCUT2D eigenvalue weighted by Gasteiger charge is -2.12. The Balaban J connectivity index is 1.91. The number of para-hydroxylation sites is 1. The van der Waals surface area contributed by atoms with Crippen LogP contribution in [-0.4, -0.2) is 38.6 Å². The predicted molar refractivity (Wildman–Crippen MR) is 104 cm³/mol. The third-order valence-electron chi connectivity index (χ3n) is 3.72. The summed E-state index contributed by atoms with van der Waals surface area (Å²) in [5.41, 5.74) is 2.57. The first-order valence-electron chi connectivity index (χ1n) is 8.50. The van der Waals surface area contributed by atoms with E-state index in [9.17, 15) is 9.59 Å². The standard InChI is InChI=1S/C20H22N4O3/c1-27-13-12-22-20(26)17-4-2-3-5-18(17)23-14-19(25)24-16-8-6-15(7-9-16)10-11-21/h2-9,23H,10,12-14H2,1H3,(H,22,26)(H,24,25). The summed E-state index contributed by atoms with van der Waals surface area (Å²) in [4.78, 5) is 24.4. The van der Waals surface area contributed by atoms with Crippen molar-refractivity contribution in [3.05, 3.63) is 59.7 Å². The van der Waals surface area contributed by atoms with Crippen molar-refractivity contribution in [2.24, 2.45) is 0 Å². The average molecular weight is 366 g/mol. The van der Waals surface area contributed by atoms with Gasteiger partial charge >= 0.3 is 0 Å². The molecule has 2 amide bonds. The highest BCUT2D eigenvalue weighted by atomic mass is 16.5. The molecule has 0 aromatic heterocycles. The second-order valence-corrected chi connectivity index (χ2v) is 5.73. The second-order valence-electron chi connectivity index (χ2n) is 5.73. The van der Waals surface area contributed by atoms with Gasteiger partial charge in [-0.25, -0.2) is 0 Å². The Morgan fingerprint density at radius 2 is 1.85 bits per heavy atom. The Bertz CT molecular complexity index is 813. The lowest BCUT2D eigenvalue weighted by atomic mass is 10.1. The van der Waals surface area contributed by atoms with Gasteiger partial charge in [0.2, 0.25) is 5.91 Å². The number of rotatable bonds is 9. The van der Waals surface area contributed by atoms with Crippen LogP contribution in [0.2, 0.25) is 0 Å². The van der Waals surface area contributed by atoms with E-state index in [1.165, 1.54) is 0 Å². The van der Waals surface area contributed by atoms with Gasteiger partial charge in [-0.2, -0.15) is 5.26 Å². The van der Waals surface area contributed by atoms with Crippen molar-refractivity contribution < 1.29 is 14.3 Å². The van der Waals surface area contributed by atoms with Crippen LogP contribution in [-0.2, 0) is 16.0 Å². The fourth-order valence-electron chi connectivity index (χ4n) is 2.38. The van der Waals surface area contributed by atoms with E-state index in [4.69, 9.17) is 10.00 Å². The zero-order valence-corrected chi connectivity index (χ0v) is 15.1. The molecule has 140 valence electrons. The van der Waals surface area contributed by atoms with Gasteiger partial charge in [-0.05, 0) is 29.8 Å². The summed E-state index contributed by atoms with van der Waals surface area (Å²) >= 11 is 0. The number of hydrogen-bond acceptors (Lipinski definition) is 5. The molecule has 0 fully saturated rings. The van der Waals surface area contributed by atoms with Gasteiger partial charge in [-0.15, -0.1) is 0 Å². The van der Waals surface area contributed by atoms with Crippen LogP contribution in [0.3, 0.4) is 0 Å². The summed E-state index contributed by atoms with van der Waals surface area (Å²) in [7, 11) is 1.57. The van der Waals surface area contributed by atoms with Crippen molar-refractivity contribution in [2.45, 2.75) is 6.42 Å². The smallest absolute Gasteiger partial charge is 0.253 e. The van der Waals surface area contributed by atoms with Gasteiger partial charge in [0.05, 0.1) is 31.2 Å². The van der Waals surface area contributed by atoms with Gasteiger partial charge in [0.25, 0.3) is 5.91 Å². The van der Waals surface area contributed by atoms with Gasteiger partial charge in [0.15, 0.2) is 0 Å². The van der Waals surface area contributed by atoms with Crippen molar-refractivity contribution >= 4 is 23.2 Å². The van der Waals surface area contributed by atoms with Crippen molar-refractivity contribution in [3.8, 4) is 6.07 Å². The van der Waals surface area contributed by atoms with Crippen molar-refractivity contribution in [1.29, 1.82) is 5.26 Å². The van der Waals surface area contributed by atoms with E-state index < -0.39 is 0 Å². The number of ether oxygens (including phenoxy) is 1. The van der Waals surface area contributed by atoms with E-state index in [1.54, 1.807) is 55.6 Å². The Labute approximate surface area is 158 Å². The summed E-state index contributed by atoms with van der Waals surface area (Å²) in [5, 5.41) is 17.2. The van der Waals surface area contributed by atoms with Crippen molar-refractivity contribution in [1.82, 2.24) is 5.32 Å². The minimum atomic E-state index is -0.238. The highest BCUT2D eigenvalue weighted by Crippen LogP contribution is 2.15. The van der Waals surface area contributed by atoms with Crippen LogP contribution in [0.15, 0.2) is 48.5 Å². The molecule has 27 heavy (non-hydrogen) atoms. The minimum absolute atomic E-state index is 0.0162. The first kappa shape index (κ1) is 19.9. The van der Waals surface area contributed by atoms with E-state index in [2.05, 4.69) is 22.0 Å². The molecule has 0 radical (unpaired) electrons. The molecule has 0 spiro atoms. The monoisotopic (exact) mass is 366 g/mol. The van der Waals surface area contributed by atoms with E-state index in [1.807, 2.05) is 0 Å². The molecule has 0 saturated carbocycles. The molecular formula is C20H22N4O3. The zero-order valence-electron chi connectivity index (χ0n) is 15.1. The first-order chi connectivity index (χ1) is 13.1. The van der Waals surface area contributed by atoms with E-state index in [-0.39, 0.29) is 18.4 Å². The molecule has 0 unspecified atom stereocenters. The predicted octanol–water partition coefficient (Wildman–Crippen LogP) is 2.18. The van der Waals surface area contributed by atoms with Crippen LogP contribution in [0.1, 0.15) is 15.9 Å². The largest absolute Gasteiger partial charge is 0.383 e. The van der Waals surface area contributed by atoms with Gasteiger partial charge in [-0.3, -0.25) is 9.59 Å². The lowest BCUT2D eigenvalue weighted by Crippen LogP contribution is -2.28. The highest BCUT2D eigenvalue weighted by molar-refractivity contribution is 6.00. The van der Waals surface area contributed by atoms with Crippen LogP contribution < -0.4 is 16.0 Å². The summed E-state index contributed by atoms with van der Waals surface area (Å²) in [6.07, 6.45) is 0.332. The topological polar surface area (TPSA) is 103 Å². The van der Waals surface area contributed by atoms with E-state index >= 15 is 0 Å². The van der Waals surface area contributed by atoms with Crippen LogP contribution in [0.5, 0.6) is 0 Å². The number of nitriles is 1. The Morgan fingerprint density at radius 1 is 1.11 bits per heavy atom. The maximum absolute atomic E-state index is 12.2. The van der Waals surface area contributed by atoms with Crippen LogP contribution >= 0.6 is 0 Å². The van der Waals surface area contributed by atoms with Crippen molar-refractivity contribution in [3.63, 3.8) is 0 Å². The number of benzene rings is 2. The van der Waals surface area contributed by atoms with Gasteiger partial charge < -0.3 is 20.7 Å². The normalized spacial score (nSPS) is 9.93. The Kier molecular flexibility index (Phi) is 7.82. The van der Waals surface area contributed by atoms with Crippen molar-refractivity contribution in [2.75, 3.05) is 37.4 Å². The SMILES string of the molecule is COCCNC(=O)c1ccccc1NCC(=O)Nc1ccc(CC#N)cc1. The maximum atomic E-state index is 12.2. The molecule has 0 saturated heterocycles. The van der Waals surface area contributed by atoms with Gasteiger partial charge in [-0.1, -0.05) is 24.3 Å². The van der Waals surface area contributed by atoms with Crippen LogP contribution in [0.25, 0.3) is 0 Å². The van der Waals surface area contributed by atoms with E-state index in [0.717, 1.165) is 5.56 Å². The molecule has 0 aliphatic rings. The quantitative estimate of drug-likeness (QED) is 0.590. The third-order valence-corrected chi connectivity index (χ3v) is 3.72. The lowest BCUT2D eigenvalue weighted by molar-refractivity contribution is -0.114. The molecule has 2 rings (SSSR count). The molecular weight excluding hydrogens is 344 g/mol. The number of nitrogens with zero attached hydrogens (tertiary/aromatic N) is 1. The molecule has 7 nitrogen and oxygen atoms in total. The number of methoxy groups -OCH3 is 1. The van der Waals surface area contributed by atoms with Crippen LogP contribution in [0.4, 0.5) is 11.4 Å². The number of hydrogen-bond donors (Lipinski definition) is 3. The zero-order chi connectivity index (χ0) is 19.5. The molecule has 0 aliphatic carbocycles. The minimum Gasteiger partial charge on any atom is -0.383 e. The van der Waals surface area contributed by atoms with E-state index in [0.29, 0.717) is 36.5 Å². The number of nitrogens with one attached hydrogen (secondary N) is 3. The molecule has 0 heterocycles. The number of carbonyl (C=O) groups excluding carboxylic acids is 2. The summed E-state index contributed by atoms with van der Waals surface area (Å²) in [5.74, 6) is -0.471. The Morgan fingerprint density at radius 3 is 2.56 bits per heavy atom. The van der Waals surface area contributed by atoms with Gasteiger partial charge in [0.1, 0.15) is 0 Å². The fraction of sp³-hybridized carbons (Fsp3) is 0.250. The molecule has 3 N–H and O–H groups in total. The highest BCUT2D eigenvalue weighted by Gasteiger charge is 2.11.